The first-order chi connectivity index (χ1) is 7.49. The van der Waals surface area contributed by atoms with Crippen molar-refractivity contribution in [1.29, 1.82) is 0 Å². The van der Waals surface area contributed by atoms with Gasteiger partial charge in [-0.1, -0.05) is 45.0 Å². The Kier molecular flexibility index (Phi) is 4.17. The van der Waals surface area contributed by atoms with Crippen LogP contribution in [-0.4, -0.2) is 5.11 Å². The van der Waals surface area contributed by atoms with Gasteiger partial charge in [0.05, 0.1) is 6.26 Å². The zero-order valence-corrected chi connectivity index (χ0v) is 10.7. The van der Waals surface area contributed by atoms with Crippen LogP contribution in [0, 0.1) is 0 Å². The van der Waals surface area contributed by atoms with Crippen LogP contribution in [0.2, 0.25) is 0 Å². The summed E-state index contributed by atoms with van der Waals surface area (Å²) in [6, 6.07) is 8.70. The van der Waals surface area contributed by atoms with Crippen LogP contribution < -0.4 is 0 Å². The van der Waals surface area contributed by atoms with Gasteiger partial charge < -0.3 is 5.11 Å². The third kappa shape index (κ3) is 3.13. The van der Waals surface area contributed by atoms with Gasteiger partial charge in [-0.15, -0.1) is 0 Å². The van der Waals surface area contributed by atoms with Crippen LogP contribution >= 0.6 is 0 Å². The van der Waals surface area contributed by atoms with Gasteiger partial charge in [-0.25, -0.2) is 0 Å². The van der Waals surface area contributed by atoms with Crippen LogP contribution in [0.3, 0.4) is 0 Å². The molecule has 0 spiro atoms. The zero-order chi connectivity index (χ0) is 12.2. The van der Waals surface area contributed by atoms with Gasteiger partial charge in [-0.2, -0.15) is 0 Å². The maximum atomic E-state index is 8.86. The fourth-order valence-electron chi connectivity index (χ4n) is 1.65. The maximum Gasteiger partial charge on any atom is 0.0784 e. The van der Waals surface area contributed by atoms with E-state index in [1.807, 2.05) is 6.92 Å². The molecular weight excluding hydrogens is 196 g/mol. The summed E-state index contributed by atoms with van der Waals surface area (Å²) < 4.78 is 0. The lowest BCUT2D eigenvalue weighted by atomic mass is 9.82. The van der Waals surface area contributed by atoms with Crippen LogP contribution in [0.15, 0.2) is 36.1 Å². The Balaban J connectivity index is 2.83. The molecular formula is C15H22O. The summed E-state index contributed by atoms with van der Waals surface area (Å²) in [5.41, 5.74) is 3.87. The van der Waals surface area contributed by atoms with Crippen molar-refractivity contribution < 1.29 is 5.11 Å². The monoisotopic (exact) mass is 218 g/mol. The zero-order valence-electron chi connectivity index (χ0n) is 10.7. The molecule has 1 N–H and O–H groups in total. The number of aliphatic hydroxyl groups excluding tert-OH is 1. The Morgan fingerprint density at radius 3 is 2.25 bits per heavy atom. The van der Waals surface area contributed by atoms with Gasteiger partial charge in [-0.3, -0.25) is 0 Å². The number of hydrogen-bond acceptors (Lipinski definition) is 1. The van der Waals surface area contributed by atoms with Crippen LogP contribution in [0.25, 0.3) is 0 Å². The standard InChI is InChI=1S/C15H22O/c1-5-15(3,4)14-8-6-13(7-9-14)10-12(2)11-16/h6-9,11,16H,5,10H2,1-4H3. The Morgan fingerprint density at radius 1 is 1.25 bits per heavy atom. The molecule has 0 atom stereocenters. The number of aliphatic hydroxyl groups is 1. The van der Waals surface area contributed by atoms with E-state index in [0.29, 0.717) is 0 Å². The molecule has 0 fully saturated rings. The molecule has 0 saturated carbocycles. The van der Waals surface area contributed by atoms with Crippen LogP contribution in [0.4, 0.5) is 0 Å². The van der Waals surface area contributed by atoms with Crippen molar-refractivity contribution >= 4 is 0 Å². The van der Waals surface area contributed by atoms with E-state index in [2.05, 4.69) is 45.0 Å². The molecule has 1 aromatic carbocycles. The summed E-state index contributed by atoms with van der Waals surface area (Å²) in [5, 5.41) is 8.86. The second-order valence-electron chi connectivity index (χ2n) is 5.09. The van der Waals surface area contributed by atoms with E-state index in [-0.39, 0.29) is 5.41 Å². The fraction of sp³-hybridized carbons (Fsp3) is 0.467. The molecule has 0 heterocycles. The van der Waals surface area contributed by atoms with E-state index in [9.17, 15) is 0 Å². The lowest BCUT2D eigenvalue weighted by Gasteiger charge is -2.23. The predicted molar refractivity (Wildman–Crippen MR) is 69.8 cm³/mol. The fourth-order valence-corrected chi connectivity index (χ4v) is 1.65. The summed E-state index contributed by atoms with van der Waals surface area (Å²) in [6.07, 6.45) is 3.15. The van der Waals surface area contributed by atoms with Crippen LogP contribution in [-0.2, 0) is 11.8 Å². The molecule has 16 heavy (non-hydrogen) atoms. The third-order valence-corrected chi connectivity index (χ3v) is 3.32. The molecule has 0 aliphatic heterocycles. The van der Waals surface area contributed by atoms with Crippen molar-refractivity contribution in [2.45, 2.75) is 46.0 Å². The molecule has 0 saturated heterocycles. The van der Waals surface area contributed by atoms with E-state index < -0.39 is 0 Å². The van der Waals surface area contributed by atoms with Crippen molar-refractivity contribution in [3.63, 3.8) is 0 Å². The minimum atomic E-state index is 0.250. The molecule has 0 aromatic heterocycles. The molecule has 1 heteroatoms. The highest BCUT2D eigenvalue weighted by molar-refractivity contribution is 5.29. The van der Waals surface area contributed by atoms with Gasteiger partial charge in [0.15, 0.2) is 0 Å². The lowest BCUT2D eigenvalue weighted by molar-refractivity contribution is 0.465. The summed E-state index contributed by atoms with van der Waals surface area (Å²) in [5.74, 6) is 0. The van der Waals surface area contributed by atoms with E-state index in [1.165, 1.54) is 17.4 Å². The van der Waals surface area contributed by atoms with Crippen molar-refractivity contribution in [3.8, 4) is 0 Å². The first-order valence-electron chi connectivity index (χ1n) is 5.89. The summed E-state index contributed by atoms with van der Waals surface area (Å²) >= 11 is 0. The van der Waals surface area contributed by atoms with E-state index in [4.69, 9.17) is 5.11 Å². The molecule has 1 aromatic rings. The highest BCUT2D eigenvalue weighted by Crippen LogP contribution is 2.26. The highest BCUT2D eigenvalue weighted by Gasteiger charge is 2.17. The number of hydrogen-bond donors (Lipinski definition) is 1. The quantitative estimate of drug-likeness (QED) is 0.744. The Labute approximate surface area is 98.8 Å². The van der Waals surface area contributed by atoms with Crippen LogP contribution in [0.5, 0.6) is 0 Å². The molecule has 1 nitrogen and oxygen atoms in total. The van der Waals surface area contributed by atoms with Gasteiger partial charge in [0, 0.05) is 0 Å². The van der Waals surface area contributed by atoms with E-state index in [1.54, 1.807) is 0 Å². The molecule has 0 aliphatic carbocycles. The number of benzene rings is 1. The highest BCUT2D eigenvalue weighted by atomic mass is 16.2. The summed E-state index contributed by atoms with van der Waals surface area (Å²) in [4.78, 5) is 0. The topological polar surface area (TPSA) is 20.2 Å². The van der Waals surface area contributed by atoms with Gasteiger partial charge >= 0.3 is 0 Å². The van der Waals surface area contributed by atoms with Gasteiger partial charge in [0.25, 0.3) is 0 Å². The minimum absolute atomic E-state index is 0.250. The van der Waals surface area contributed by atoms with Crippen molar-refractivity contribution in [2.75, 3.05) is 0 Å². The second kappa shape index (κ2) is 5.20. The van der Waals surface area contributed by atoms with Crippen molar-refractivity contribution in [2.24, 2.45) is 0 Å². The largest absolute Gasteiger partial charge is 0.516 e. The van der Waals surface area contributed by atoms with Crippen LogP contribution in [0.1, 0.15) is 45.2 Å². The lowest BCUT2D eigenvalue weighted by Crippen LogP contribution is -2.15. The Hall–Kier alpha value is -1.24. The molecule has 0 radical (unpaired) electrons. The van der Waals surface area contributed by atoms with Gasteiger partial charge in [-0.05, 0) is 41.9 Å². The average molecular weight is 218 g/mol. The molecule has 88 valence electrons. The molecule has 0 bridgehead atoms. The Morgan fingerprint density at radius 2 is 1.81 bits per heavy atom. The Bertz CT molecular complexity index is 358. The molecule has 0 unspecified atom stereocenters. The second-order valence-corrected chi connectivity index (χ2v) is 5.09. The van der Waals surface area contributed by atoms with Crippen molar-refractivity contribution in [3.05, 3.63) is 47.2 Å². The molecule has 0 aliphatic rings. The van der Waals surface area contributed by atoms with Crippen molar-refractivity contribution in [1.82, 2.24) is 0 Å². The van der Waals surface area contributed by atoms with E-state index >= 15 is 0 Å². The maximum absolute atomic E-state index is 8.86. The van der Waals surface area contributed by atoms with E-state index in [0.717, 1.165) is 18.4 Å². The smallest absolute Gasteiger partial charge is 0.0784 e. The minimum Gasteiger partial charge on any atom is -0.516 e. The normalized spacial score (nSPS) is 12.9. The SMILES string of the molecule is CCC(C)(C)c1ccc(CC(C)=CO)cc1. The predicted octanol–water partition coefficient (Wildman–Crippen LogP) is 4.38. The van der Waals surface area contributed by atoms with Gasteiger partial charge in [0.2, 0.25) is 0 Å². The first-order valence-corrected chi connectivity index (χ1v) is 5.89. The summed E-state index contributed by atoms with van der Waals surface area (Å²) in [7, 11) is 0. The molecule has 0 amide bonds. The average Bonchev–Trinajstić information content (AvgIpc) is 2.29. The summed E-state index contributed by atoms with van der Waals surface area (Å²) in [6.45, 7) is 8.68. The number of allylic oxidation sites excluding steroid dienone is 1. The van der Waals surface area contributed by atoms with Gasteiger partial charge in [0.1, 0.15) is 0 Å². The first kappa shape index (κ1) is 12.8. The number of rotatable bonds is 4. The third-order valence-electron chi connectivity index (χ3n) is 3.32. The molecule has 1 rings (SSSR count).